The summed E-state index contributed by atoms with van der Waals surface area (Å²) in [5.74, 6) is 0.0303. The smallest absolute Gasteiger partial charge is 0.225 e. The Balaban J connectivity index is 2.42. The van der Waals surface area contributed by atoms with Gasteiger partial charge in [-0.25, -0.2) is 0 Å². The Morgan fingerprint density at radius 2 is 1.85 bits per heavy atom. The molecule has 0 aromatic heterocycles. The van der Waals surface area contributed by atoms with Crippen molar-refractivity contribution < 1.29 is 4.79 Å². The molecule has 0 aliphatic rings. The lowest BCUT2D eigenvalue weighted by atomic mass is 9.87. The van der Waals surface area contributed by atoms with Gasteiger partial charge in [0.05, 0.1) is 0 Å². The van der Waals surface area contributed by atoms with Crippen molar-refractivity contribution in [2.24, 2.45) is 5.41 Å². The van der Waals surface area contributed by atoms with Crippen LogP contribution in [-0.2, 0) is 4.79 Å². The Kier molecular flexibility index (Phi) is 5.57. The van der Waals surface area contributed by atoms with Crippen LogP contribution in [0.5, 0.6) is 0 Å². The van der Waals surface area contributed by atoms with E-state index in [1.807, 2.05) is 12.1 Å². The molecule has 0 saturated heterocycles. The second kappa shape index (κ2) is 6.75. The maximum Gasteiger partial charge on any atom is 0.225 e. The Hall–Kier alpha value is -1.55. The van der Waals surface area contributed by atoms with Crippen LogP contribution in [0.2, 0.25) is 0 Å². The number of nitrogens with zero attached hydrogens (tertiary/aromatic N) is 1. The number of hydrogen-bond acceptors (Lipinski definition) is 3. The Bertz CT molecular complexity index is 434. The van der Waals surface area contributed by atoms with Gasteiger partial charge >= 0.3 is 0 Å². The van der Waals surface area contributed by atoms with E-state index < -0.39 is 0 Å². The molecule has 0 heterocycles. The number of carbonyl (C=O) groups excluding carboxylic acids is 1. The number of amides is 1. The van der Waals surface area contributed by atoms with Gasteiger partial charge in [0.1, 0.15) is 0 Å². The first-order valence-electron chi connectivity index (χ1n) is 7.06. The van der Waals surface area contributed by atoms with Gasteiger partial charge in [0.15, 0.2) is 0 Å². The second-order valence-electron chi connectivity index (χ2n) is 6.44. The fourth-order valence-corrected chi connectivity index (χ4v) is 1.92. The van der Waals surface area contributed by atoms with Crippen molar-refractivity contribution in [2.45, 2.75) is 40.2 Å². The number of nitrogen functional groups attached to an aromatic ring is 1. The van der Waals surface area contributed by atoms with Gasteiger partial charge in [0, 0.05) is 30.4 Å². The van der Waals surface area contributed by atoms with E-state index in [0.717, 1.165) is 12.2 Å². The number of benzene rings is 1. The van der Waals surface area contributed by atoms with Crippen molar-refractivity contribution >= 4 is 17.3 Å². The molecule has 1 amide bonds. The highest BCUT2D eigenvalue weighted by Gasteiger charge is 2.23. The van der Waals surface area contributed by atoms with E-state index in [9.17, 15) is 4.79 Å². The van der Waals surface area contributed by atoms with Gasteiger partial charge in [-0.3, -0.25) is 4.79 Å². The Morgan fingerprint density at radius 3 is 2.35 bits per heavy atom. The normalized spacial score (nSPS) is 13.3. The molecule has 0 radical (unpaired) electrons. The molecule has 20 heavy (non-hydrogen) atoms. The van der Waals surface area contributed by atoms with Gasteiger partial charge in [-0.15, -0.1) is 0 Å². The highest BCUT2D eigenvalue weighted by atomic mass is 16.1. The lowest BCUT2D eigenvalue weighted by Gasteiger charge is -2.35. The average molecular weight is 277 g/mol. The highest BCUT2D eigenvalue weighted by molar-refractivity contribution is 5.90. The van der Waals surface area contributed by atoms with E-state index in [0.29, 0.717) is 18.2 Å². The van der Waals surface area contributed by atoms with Gasteiger partial charge in [-0.2, -0.15) is 0 Å². The molecule has 0 spiro atoms. The van der Waals surface area contributed by atoms with Gasteiger partial charge in [0.2, 0.25) is 5.91 Å². The summed E-state index contributed by atoms with van der Waals surface area (Å²) >= 11 is 0. The van der Waals surface area contributed by atoms with Gasteiger partial charge in [-0.05, 0) is 43.7 Å². The van der Waals surface area contributed by atoms with E-state index in [1.54, 1.807) is 12.1 Å². The van der Waals surface area contributed by atoms with Crippen LogP contribution in [0.3, 0.4) is 0 Å². The molecule has 0 aliphatic carbocycles. The summed E-state index contributed by atoms with van der Waals surface area (Å²) in [5, 5.41) is 2.88. The standard InChI is InChI=1S/C16H27N3O/c1-12(16(2,3)4)19(5)11-10-15(20)18-14-8-6-13(17)7-9-14/h6-9,12H,10-11,17H2,1-5H3,(H,18,20). The summed E-state index contributed by atoms with van der Waals surface area (Å²) in [6.07, 6.45) is 0.487. The maximum atomic E-state index is 11.9. The third kappa shape index (κ3) is 5.21. The quantitative estimate of drug-likeness (QED) is 0.814. The van der Waals surface area contributed by atoms with E-state index in [-0.39, 0.29) is 11.3 Å². The molecule has 4 heteroatoms. The molecule has 3 N–H and O–H groups in total. The van der Waals surface area contributed by atoms with Crippen molar-refractivity contribution in [1.82, 2.24) is 4.90 Å². The van der Waals surface area contributed by atoms with Crippen molar-refractivity contribution in [1.29, 1.82) is 0 Å². The average Bonchev–Trinajstić information content (AvgIpc) is 2.36. The van der Waals surface area contributed by atoms with E-state index in [1.165, 1.54) is 0 Å². The molecular weight excluding hydrogens is 250 g/mol. The van der Waals surface area contributed by atoms with E-state index >= 15 is 0 Å². The molecule has 1 rings (SSSR count). The zero-order valence-corrected chi connectivity index (χ0v) is 13.2. The topological polar surface area (TPSA) is 58.4 Å². The SMILES string of the molecule is CC(N(C)CCC(=O)Nc1ccc(N)cc1)C(C)(C)C. The van der Waals surface area contributed by atoms with E-state index in [4.69, 9.17) is 5.73 Å². The summed E-state index contributed by atoms with van der Waals surface area (Å²) < 4.78 is 0. The van der Waals surface area contributed by atoms with Crippen LogP contribution in [0, 0.1) is 5.41 Å². The van der Waals surface area contributed by atoms with Gasteiger partial charge < -0.3 is 16.0 Å². The highest BCUT2D eigenvalue weighted by Crippen LogP contribution is 2.23. The summed E-state index contributed by atoms with van der Waals surface area (Å²) in [6.45, 7) is 9.57. The third-order valence-electron chi connectivity index (χ3n) is 3.80. The zero-order valence-electron chi connectivity index (χ0n) is 13.2. The van der Waals surface area contributed by atoms with Crippen molar-refractivity contribution in [3.8, 4) is 0 Å². The lowest BCUT2D eigenvalue weighted by Crippen LogP contribution is -2.40. The van der Waals surface area contributed by atoms with Gasteiger partial charge in [-0.1, -0.05) is 20.8 Å². The van der Waals surface area contributed by atoms with Crippen LogP contribution in [0.25, 0.3) is 0 Å². The van der Waals surface area contributed by atoms with Crippen LogP contribution in [-0.4, -0.2) is 30.4 Å². The van der Waals surface area contributed by atoms with Crippen molar-refractivity contribution in [3.63, 3.8) is 0 Å². The predicted molar refractivity (Wildman–Crippen MR) is 85.6 cm³/mol. The van der Waals surface area contributed by atoms with Crippen molar-refractivity contribution in [3.05, 3.63) is 24.3 Å². The monoisotopic (exact) mass is 277 g/mol. The summed E-state index contributed by atoms with van der Waals surface area (Å²) in [7, 11) is 2.06. The molecule has 0 aliphatic heterocycles. The molecule has 1 aromatic carbocycles. The number of hydrogen-bond donors (Lipinski definition) is 2. The van der Waals surface area contributed by atoms with Crippen LogP contribution >= 0.6 is 0 Å². The Labute approximate surface area is 122 Å². The number of rotatable bonds is 5. The summed E-state index contributed by atoms with van der Waals surface area (Å²) in [5.41, 5.74) is 7.30. The molecular formula is C16H27N3O. The third-order valence-corrected chi connectivity index (χ3v) is 3.80. The number of nitrogens with two attached hydrogens (primary N) is 1. The molecule has 1 atom stereocenters. The second-order valence-corrected chi connectivity index (χ2v) is 6.44. The first kappa shape index (κ1) is 16.5. The number of carbonyl (C=O) groups is 1. The fourth-order valence-electron chi connectivity index (χ4n) is 1.92. The first-order valence-corrected chi connectivity index (χ1v) is 7.06. The van der Waals surface area contributed by atoms with Crippen molar-refractivity contribution in [2.75, 3.05) is 24.6 Å². The molecule has 0 bridgehead atoms. The molecule has 112 valence electrons. The molecule has 4 nitrogen and oxygen atoms in total. The molecule has 1 aromatic rings. The first-order chi connectivity index (χ1) is 9.20. The minimum atomic E-state index is 0.0303. The number of anilines is 2. The Morgan fingerprint density at radius 1 is 1.30 bits per heavy atom. The van der Waals surface area contributed by atoms with Crippen LogP contribution in [0.4, 0.5) is 11.4 Å². The fraction of sp³-hybridized carbons (Fsp3) is 0.562. The summed E-state index contributed by atoms with van der Waals surface area (Å²) in [6, 6.07) is 7.61. The molecule has 1 unspecified atom stereocenters. The molecule has 0 fully saturated rings. The van der Waals surface area contributed by atoms with Crippen LogP contribution in [0.15, 0.2) is 24.3 Å². The van der Waals surface area contributed by atoms with Gasteiger partial charge in [0.25, 0.3) is 0 Å². The zero-order chi connectivity index (χ0) is 15.3. The minimum absolute atomic E-state index is 0.0303. The minimum Gasteiger partial charge on any atom is -0.399 e. The van der Waals surface area contributed by atoms with Crippen LogP contribution < -0.4 is 11.1 Å². The maximum absolute atomic E-state index is 11.9. The largest absolute Gasteiger partial charge is 0.399 e. The predicted octanol–water partition coefficient (Wildman–Crippen LogP) is 2.96. The van der Waals surface area contributed by atoms with E-state index in [2.05, 4.69) is 45.0 Å². The lowest BCUT2D eigenvalue weighted by molar-refractivity contribution is -0.116. The van der Waals surface area contributed by atoms with Crippen LogP contribution in [0.1, 0.15) is 34.1 Å². The molecule has 0 saturated carbocycles. The number of nitrogens with one attached hydrogen (secondary N) is 1. The summed E-state index contributed by atoms with van der Waals surface area (Å²) in [4.78, 5) is 14.1.